The van der Waals surface area contributed by atoms with Gasteiger partial charge in [0.2, 0.25) is 0 Å². The smallest absolute Gasteiger partial charge is 0.199 e. The lowest BCUT2D eigenvalue weighted by molar-refractivity contribution is 0.872. The van der Waals surface area contributed by atoms with Crippen molar-refractivity contribution in [2.45, 2.75) is 27.2 Å². The zero-order valence-electron chi connectivity index (χ0n) is 18.0. The van der Waals surface area contributed by atoms with E-state index in [0.717, 1.165) is 46.4 Å². The van der Waals surface area contributed by atoms with Crippen molar-refractivity contribution < 1.29 is 0 Å². The summed E-state index contributed by atoms with van der Waals surface area (Å²) in [6.07, 6.45) is 0.640. The lowest BCUT2D eigenvalue weighted by atomic mass is 9.95. The summed E-state index contributed by atoms with van der Waals surface area (Å²) in [6, 6.07) is 15.2. The summed E-state index contributed by atoms with van der Waals surface area (Å²) in [6.45, 7) is 7.64. The molecule has 2 N–H and O–H groups in total. The molecular formula is C26H25N3O2. The fourth-order valence-electron chi connectivity index (χ4n) is 4.85. The number of para-hydroxylation sites is 2. The molecule has 3 aromatic carbocycles. The molecule has 0 aliphatic rings. The topological polar surface area (TPSA) is 69.0 Å². The number of benzene rings is 3. The van der Waals surface area contributed by atoms with Gasteiger partial charge in [-0.15, -0.1) is 0 Å². The second-order valence-electron chi connectivity index (χ2n) is 7.85. The zero-order valence-corrected chi connectivity index (χ0v) is 18.0. The second-order valence-corrected chi connectivity index (χ2v) is 7.85. The second kappa shape index (κ2) is 7.27. The zero-order chi connectivity index (χ0) is 21.7. The Hall–Kier alpha value is -3.60. The Labute approximate surface area is 179 Å². The third-order valence-corrected chi connectivity index (χ3v) is 6.33. The Morgan fingerprint density at radius 3 is 1.77 bits per heavy atom. The van der Waals surface area contributed by atoms with Crippen molar-refractivity contribution in [3.63, 3.8) is 0 Å². The van der Waals surface area contributed by atoms with Crippen molar-refractivity contribution in [2.75, 3.05) is 18.0 Å². The number of nitrogens with one attached hydrogen (secondary N) is 2. The number of anilines is 1. The average molecular weight is 412 g/mol. The number of fused-ring (bicyclic) bond motifs is 4. The molecule has 0 amide bonds. The number of pyridine rings is 2. The lowest BCUT2D eigenvalue weighted by Crippen LogP contribution is -2.25. The predicted molar refractivity (Wildman–Crippen MR) is 131 cm³/mol. The molecule has 0 radical (unpaired) electrons. The van der Waals surface area contributed by atoms with Gasteiger partial charge < -0.3 is 14.9 Å². The highest BCUT2D eigenvalue weighted by Gasteiger charge is 2.23. The summed E-state index contributed by atoms with van der Waals surface area (Å²) in [4.78, 5) is 36.6. The van der Waals surface area contributed by atoms with Gasteiger partial charge >= 0.3 is 0 Å². The summed E-state index contributed by atoms with van der Waals surface area (Å²) in [5.41, 5.74) is 4.78. The average Bonchev–Trinajstić information content (AvgIpc) is 2.80. The number of nitrogens with zero attached hydrogens (tertiary/aromatic N) is 1. The van der Waals surface area contributed by atoms with E-state index < -0.39 is 0 Å². The van der Waals surface area contributed by atoms with Crippen LogP contribution in [0.15, 0.2) is 58.1 Å². The van der Waals surface area contributed by atoms with Crippen LogP contribution >= 0.6 is 0 Å². The van der Waals surface area contributed by atoms with Crippen molar-refractivity contribution in [1.82, 2.24) is 9.97 Å². The number of aryl methyl sites for hydroxylation is 1. The van der Waals surface area contributed by atoms with Gasteiger partial charge in [0.1, 0.15) is 0 Å². The van der Waals surface area contributed by atoms with E-state index >= 15 is 0 Å². The summed E-state index contributed by atoms with van der Waals surface area (Å²) in [5, 5.41) is 2.64. The van der Waals surface area contributed by atoms with Gasteiger partial charge in [0.05, 0.1) is 27.5 Å². The van der Waals surface area contributed by atoms with E-state index in [4.69, 9.17) is 0 Å². The molecule has 0 aliphatic heterocycles. The molecular weight excluding hydrogens is 386 g/mol. The number of aromatic amines is 2. The van der Waals surface area contributed by atoms with E-state index in [1.807, 2.05) is 55.5 Å². The largest absolute Gasteiger partial charge is 0.370 e. The minimum absolute atomic E-state index is 0.00291. The molecule has 5 aromatic rings. The van der Waals surface area contributed by atoms with Gasteiger partial charge in [0.15, 0.2) is 10.9 Å². The van der Waals surface area contributed by atoms with Crippen molar-refractivity contribution in [3.05, 3.63) is 74.5 Å². The molecule has 0 atom stereocenters. The standard InChI is InChI=1S/C26H25N3O2/c1-4-15-20-23(28-19-14-10-7-11-16(19)25(20)30)24(29(5-2)6-3)21-22(15)27-18-13-9-8-12-17(18)26(21)31/h7-14H,4-6H2,1-3H3,(H,27,31)(H,28,30). The van der Waals surface area contributed by atoms with Crippen molar-refractivity contribution in [1.29, 1.82) is 0 Å². The lowest BCUT2D eigenvalue weighted by Gasteiger charge is -2.26. The Bertz CT molecular complexity index is 1590. The molecule has 0 bridgehead atoms. The third-order valence-electron chi connectivity index (χ3n) is 6.33. The van der Waals surface area contributed by atoms with Crippen LogP contribution in [0, 0.1) is 0 Å². The van der Waals surface area contributed by atoms with Gasteiger partial charge in [-0.2, -0.15) is 0 Å². The third kappa shape index (κ3) is 2.69. The quantitative estimate of drug-likeness (QED) is 0.405. The van der Waals surface area contributed by atoms with E-state index in [1.54, 1.807) is 0 Å². The van der Waals surface area contributed by atoms with Crippen LogP contribution in [0.5, 0.6) is 0 Å². The van der Waals surface area contributed by atoms with Crippen molar-refractivity contribution in [2.24, 2.45) is 0 Å². The van der Waals surface area contributed by atoms with Crippen LogP contribution in [-0.4, -0.2) is 23.1 Å². The summed E-state index contributed by atoms with van der Waals surface area (Å²) in [7, 11) is 0. The number of hydrogen-bond donors (Lipinski definition) is 2. The fourth-order valence-corrected chi connectivity index (χ4v) is 4.85. The Morgan fingerprint density at radius 2 is 1.23 bits per heavy atom. The highest BCUT2D eigenvalue weighted by atomic mass is 16.1. The molecule has 0 spiro atoms. The van der Waals surface area contributed by atoms with Gasteiger partial charge in [0.25, 0.3) is 0 Å². The molecule has 0 unspecified atom stereocenters. The SMILES string of the molecule is CCc1c2[nH]c3ccccc3c(=O)c2c(N(CC)CC)c2[nH]c3ccccc3c(=O)c12. The van der Waals surface area contributed by atoms with Crippen LogP contribution in [0.4, 0.5) is 5.69 Å². The highest BCUT2D eigenvalue weighted by Crippen LogP contribution is 2.36. The Kier molecular flexibility index (Phi) is 4.54. The van der Waals surface area contributed by atoms with E-state index in [1.165, 1.54) is 0 Å². The van der Waals surface area contributed by atoms with Crippen LogP contribution < -0.4 is 15.8 Å². The monoisotopic (exact) mass is 411 g/mol. The van der Waals surface area contributed by atoms with Crippen LogP contribution in [0.2, 0.25) is 0 Å². The van der Waals surface area contributed by atoms with E-state index in [-0.39, 0.29) is 10.9 Å². The first-order valence-electron chi connectivity index (χ1n) is 10.9. The van der Waals surface area contributed by atoms with E-state index in [9.17, 15) is 9.59 Å². The highest BCUT2D eigenvalue weighted by molar-refractivity contribution is 6.15. The van der Waals surface area contributed by atoms with E-state index in [0.29, 0.717) is 28.0 Å². The van der Waals surface area contributed by atoms with Gasteiger partial charge in [-0.1, -0.05) is 31.2 Å². The fraction of sp³-hybridized carbons (Fsp3) is 0.231. The molecule has 5 rings (SSSR count). The minimum atomic E-state index is -0.00291. The van der Waals surface area contributed by atoms with Gasteiger partial charge in [0, 0.05) is 34.9 Å². The van der Waals surface area contributed by atoms with Crippen LogP contribution in [0.1, 0.15) is 26.3 Å². The predicted octanol–water partition coefficient (Wildman–Crippen LogP) is 5.08. The number of hydrogen-bond acceptors (Lipinski definition) is 3. The van der Waals surface area contributed by atoms with Crippen LogP contribution in [0.25, 0.3) is 43.6 Å². The molecule has 0 saturated heterocycles. The van der Waals surface area contributed by atoms with Crippen molar-refractivity contribution >= 4 is 49.3 Å². The van der Waals surface area contributed by atoms with E-state index in [2.05, 4.69) is 28.7 Å². The van der Waals surface area contributed by atoms with Crippen LogP contribution in [0.3, 0.4) is 0 Å². The number of rotatable bonds is 4. The molecule has 0 aliphatic carbocycles. The summed E-state index contributed by atoms with van der Waals surface area (Å²) in [5.74, 6) is 0. The maximum Gasteiger partial charge on any atom is 0.199 e. The molecule has 0 fully saturated rings. The molecule has 5 nitrogen and oxygen atoms in total. The Balaban J connectivity index is 2.18. The number of H-pyrrole nitrogens is 2. The first-order valence-corrected chi connectivity index (χ1v) is 10.9. The van der Waals surface area contributed by atoms with Crippen LogP contribution in [-0.2, 0) is 6.42 Å². The number of aromatic nitrogens is 2. The normalized spacial score (nSPS) is 11.7. The maximum absolute atomic E-state index is 13.8. The molecule has 0 saturated carbocycles. The van der Waals surface area contributed by atoms with Crippen molar-refractivity contribution in [3.8, 4) is 0 Å². The maximum atomic E-state index is 13.8. The summed E-state index contributed by atoms with van der Waals surface area (Å²) < 4.78 is 0. The first kappa shape index (κ1) is 19.4. The Morgan fingerprint density at radius 1 is 0.710 bits per heavy atom. The van der Waals surface area contributed by atoms with Gasteiger partial charge in [-0.25, -0.2) is 0 Å². The van der Waals surface area contributed by atoms with Gasteiger partial charge in [-0.3, -0.25) is 9.59 Å². The minimum Gasteiger partial charge on any atom is -0.370 e. The molecule has 5 heteroatoms. The molecule has 2 heterocycles. The van der Waals surface area contributed by atoms with Gasteiger partial charge in [-0.05, 0) is 50.1 Å². The molecule has 156 valence electrons. The molecule has 2 aromatic heterocycles. The first-order chi connectivity index (χ1) is 15.1. The molecule has 31 heavy (non-hydrogen) atoms. The summed E-state index contributed by atoms with van der Waals surface area (Å²) >= 11 is 0.